The molecule has 0 bridgehead atoms. The first kappa shape index (κ1) is 33.7. The molecule has 2 aromatic carbocycles. The lowest BCUT2D eigenvalue weighted by Crippen LogP contribution is -2.41. The zero-order valence-electron chi connectivity index (χ0n) is 28.2. The number of β-amino-alcohol motifs (C(OH)–C–C–N with tert-alkyl or cyclic N) is 1. The van der Waals surface area contributed by atoms with Gasteiger partial charge < -0.3 is 20.5 Å². The zero-order valence-corrected chi connectivity index (χ0v) is 29.0. The number of likely N-dealkylation sites (tertiary alicyclic amines) is 1. The summed E-state index contributed by atoms with van der Waals surface area (Å²) in [5.74, 6) is 1.53. The fraction of sp³-hybridized carbons (Fsp3) is 0.457. The number of aromatic nitrogens is 3. The van der Waals surface area contributed by atoms with E-state index in [9.17, 15) is 18.3 Å². The standard InChI is InChI=1S/C35H45N7O5S/c1-34(2,3)23-19-24(21-25(20-23)40-48(5,45)46)36-33(44)37-29-12-13-30(28-10-7-6-9-27(28)29)47-26-11-14-31-38-39-32(42(31)22-26)35(4)15-8-16-41(35)17-18-43/h6-7,9-11,14,19-22,29-30,40,43H,8,12-13,15-18H2,1-5H3,(H2,36,37,44)/t29?,30?,35-/m0/s1. The van der Waals surface area contributed by atoms with E-state index in [4.69, 9.17) is 4.74 Å². The smallest absolute Gasteiger partial charge is 0.319 e. The number of ether oxygens (including phenoxy) is 1. The number of hydrogen-bond acceptors (Lipinski definition) is 8. The van der Waals surface area contributed by atoms with E-state index >= 15 is 0 Å². The van der Waals surface area contributed by atoms with Crippen molar-refractivity contribution in [2.75, 3.05) is 36.0 Å². The molecule has 0 spiro atoms. The number of sulfonamides is 1. The third-order valence-corrected chi connectivity index (χ3v) is 10.0. The number of carbonyl (C=O) groups excluding carboxylic acids is 1. The molecule has 6 rings (SSSR count). The van der Waals surface area contributed by atoms with Gasteiger partial charge in [0, 0.05) is 12.2 Å². The molecule has 48 heavy (non-hydrogen) atoms. The number of carbonyl (C=O) groups is 1. The van der Waals surface area contributed by atoms with Crippen molar-refractivity contribution in [1.29, 1.82) is 0 Å². The van der Waals surface area contributed by atoms with E-state index in [-0.39, 0.29) is 35.7 Å². The molecule has 4 N–H and O–H groups in total. The zero-order chi connectivity index (χ0) is 34.3. The van der Waals surface area contributed by atoms with Gasteiger partial charge in [-0.25, -0.2) is 13.2 Å². The molecular formula is C35H45N7O5S. The number of nitrogens with zero attached hydrogens (tertiary/aromatic N) is 4. The number of nitrogens with one attached hydrogen (secondary N) is 3. The molecule has 1 fully saturated rings. The summed E-state index contributed by atoms with van der Waals surface area (Å²) >= 11 is 0. The van der Waals surface area contributed by atoms with E-state index in [0.29, 0.717) is 36.5 Å². The highest BCUT2D eigenvalue weighted by Crippen LogP contribution is 2.40. The minimum Gasteiger partial charge on any atom is -0.484 e. The minimum absolute atomic E-state index is 0.0907. The molecule has 3 atom stereocenters. The van der Waals surface area contributed by atoms with Gasteiger partial charge in [0.1, 0.15) is 11.9 Å². The van der Waals surface area contributed by atoms with Gasteiger partial charge in [0.05, 0.1) is 36.3 Å². The highest BCUT2D eigenvalue weighted by molar-refractivity contribution is 7.92. The lowest BCUT2D eigenvalue weighted by molar-refractivity contribution is 0.113. The van der Waals surface area contributed by atoms with Gasteiger partial charge in [0.25, 0.3) is 0 Å². The van der Waals surface area contributed by atoms with Gasteiger partial charge in [-0.3, -0.25) is 14.0 Å². The average Bonchev–Trinajstić information content (AvgIpc) is 3.61. The number of hydrogen-bond donors (Lipinski definition) is 4. The summed E-state index contributed by atoms with van der Waals surface area (Å²) in [4.78, 5) is 15.6. The highest BCUT2D eigenvalue weighted by Gasteiger charge is 2.41. The van der Waals surface area contributed by atoms with Crippen molar-refractivity contribution < 1.29 is 23.1 Å². The molecule has 1 aliphatic carbocycles. The summed E-state index contributed by atoms with van der Waals surface area (Å²) in [5.41, 5.74) is 3.88. The van der Waals surface area contributed by atoms with E-state index in [1.165, 1.54) is 0 Å². The Bertz CT molecular complexity index is 1920. The topological polar surface area (TPSA) is 150 Å². The fourth-order valence-electron chi connectivity index (χ4n) is 6.98. The molecule has 12 nitrogen and oxygen atoms in total. The van der Waals surface area contributed by atoms with Gasteiger partial charge in [-0.2, -0.15) is 0 Å². The van der Waals surface area contributed by atoms with Crippen LogP contribution in [0, 0.1) is 0 Å². The number of benzene rings is 2. The summed E-state index contributed by atoms with van der Waals surface area (Å²) in [6.07, 6.45) is 6.12. The second kappa shape index (κ2) is 13.0. The second-order valence-corrected chi connectivity index (χ2v) is 15.8. The minimum atomic E-state index is -3.50. The van der Waals surface area contributed by atoms with Crippen LogP contribution in [0.3, 0.4) is 0 Å². The van der Waals surface area contributed by atoms with E-state index < -0.39 is 10.0 Å². The molecule has 13 heteroatoms. The Morgan fingerprint density at radius 3 is 2.54 bits per heavy atom. The normalized spacial score (nSPS) is 21.5. The molecule has 2 aliphatic rings. The Morgan fingerprint density at radius 2 is 1.81 bits per heavy atom. The van der Waals surface area contributed by atoms with Crippen LogP contribution < -0.4 is 20.1 Å². The molecule has 2 unspecified atom stereocenters. The van der Waals surface area contributed by atoms with E-state index in [1.807, 2.05) is 73.8 Å². The van der Waals surface area contributed by atoms with E-state index in [0.717, 1.165) is 53.8 Å². The van der Waals surface area contributed by atoms with Crippen LogP contribution in [0.1, 0.15) is 88.0 Å². The van der Waals surface area contributed by atoms with Crippen molar-refractivity contribution in [3.8, 4) is 5.75 Å². The summed E-state index contributed by atoms with van der Waals surface area (Å²) in [6.45, 7) is 9.82. The number of aliphatic hydroxyl groups is 1. The highest BCUT2D eigenvalue weighted by atomic mass is 32.2. The molecule has 256 valence electrons. The molecular weight excluding hydrogens is 630 g/mol. The number of pyridine rings is 1. The Kier molecular flexibility index (Phi) is 9.14. The lowest BCUT2D eigenvalue weighted by Gasteiger charge is -2.33. The van der Waals surface area contributed by atoms with Crippen LogP contribution in [-0.4, -0.2) is 65.0 Å². The van der Waals surface area contributed by atoms with Crippen LogP contribution in [0.4, 0.5) is 16.2 Å². The van der Waals surface area contributed by atoms with Crippen LogP contribution in [0.25, 0.3) is 5.65 Å². The lowest BCUT2D eigenvalue weighted by atomic mass is 9.85. The Morgan fingerprint density at radius 1 is 1.06 bits per heavy atom. The molecule has 2 amide bonds. The monoisotopic (exact) mass is 675 g/mol. The van der Waals surface area contributed by atoms with Crippen LogP contribution >= 0.6 is 0 Å². The Balaban J connectivity index is 1.19. The van der Waals surface area contributed by atoms with Gasteiger partial charge in [-0.15, -0.1) is 10.2 Å². The quantitative estimate of drug-likeness (QED) is 0.182. The third-order valence-electron chi connectivity index (χ3n) is 9.40. The van der Waals surface area contributed by atoms with Crippen molar-refractivity contribution >= 4 is 33.1 Å². The fourth-order valence-corrected chi connectivity index (χ4v) is 7.52. The maximum atomic E-state index is 13.3. The first-order valence-electron chi connectivity index (χ1n) is 16.4. The van der Waals surface area contributed by atoms with Crippen LogP contribution in [0.15, 0.2) is 60.8 Å². The van der Waals surface area contributed by atoms with Crippen LogP contribution in [0.2, 0.25) is 0 Å². The predicted octanol–water partition coefficient (Wildman–Crippen LogP) is 5.48. The van der Waals surface area contributed by atoms with Crippen molar-refractivity contribution in [3.05, 3.63) is 83.3 Å². The molecule has 0 saturated carbocycles. The summed E-state index contributed by atoms with van der Waals surface area (Å²) in [6, 6.07) is 16.4. The summed E-state index contributed by atoms with van der Waals surface area (Å²) in [7, 11) is -3.50. The third kappa shape index (κ3) is 7.13. The number of aliphatic hydroxyl groups excluding tert-OH is 1. The number of fused-ring (bicyclic) bond motifs is 2. The summed E-state index contributed by atoms with van der Waals surface area (Å²) in [5, 5.41) is 24.7. The van der Waals surface area contributed by atoms with Gasteiger partial charge in [-0.05, 0) is 91.6 Å². The SMILES string of the molecule is CC(C)(C)c1cc(NC(=O)NC2CCC(Oc3ccc4nnc([C@]5(C)CCCN5CCO)n4c3)c3ccccc32)cc(NS(C)(=O)=O)c1. The van der Waals surface area contributed by atoms with Crippen LogP contribution in [0.5, 0.6) is 5.75 Å². The number of anilines is 2. The largest absolute Gasteiger partial charge is 0.484 e. The molecule has 1 saturated heterocycles. The molecule has 4 aromatic rings. The first-order chi connectivity index (χ1) is 22.7. The van der Waals surface area contributed by atoms with Crippen molar-refractivity contribution in [2.24, 2.45) is 0 Å². The Labute approximate surface area is 282 Å². The number of urea groups is 1. The van der Waals surface area contributed by atoms with Crippen molar-refractivity contribution in [2.45, 2.75) is 76.5 Å². The van der Waals surface area contributed by atoms with Gasteiger partial charge >= 0.3 is 6.03 Å². The Hall–Kier alpha value is -4.20. The summed E-state index contributed by atoms with van der Waals surface area (Å²) < 4.78 is 35.0. The second-order valence-electron chi connectivity index (χ2n) is 14.1. The molecule has 1 aliphatic heterocycles. The first-order valence-corrected chi connectivity index (χ1v) is 18.3. The predicted molar refractivity (Wildman–Crippen MR) is 186 cm³/mol. The molecule has 0 radical (unpaired) electrons. The maximum Gasteiger partial charge on any atom is 0.319 e. The van der Waals surface area contributed by atoms with E-state index in [1.54, 1.807) is 12.1 Å². The number of amides is 2. The van der Waals surface area contributed by atoms with Crippen molar-refractivity contribution in [1.82, 2.24) is 24.8 Å². The maximum absolute atomic E-state index is 13.3. The number of rotatable bonds is 9. The van der Waals surface area contributed by atoms with Crippen molar-refractivity contribution in [3.63, 3.8) is 0 Å². The van der Waals surface area contributed by atoms with Gasteiger partial charge in [-0.1, -0.05) is 45.0 Å². The van der Waals surface area contributed by atoms with Crippen LogP contribution in [-0.2, 0) is 21.0 Å². The average molecular weight is 676 g/mol. The van der Waals surface area contributed by atoms with E-state index in [2.05, 4.69) is 37.4 Å². The van der Waals surface area contributed by atoms with Gasteiger partial charge in [0.2, 0.25) is 10.0 Å². The molecule has 3 heterocycles. The van der Waals surface area contributed by atoms with Gasteiger partial charge in [0.15, 0.2) is 11.5 Å². The molecule has 2 aromatic heterocycles.